The Kier molecular flexibility index (Phi) is 51.8. The predicted molar refractivity (Wildman–Crippen MR) is 450 cm³/mol. The summed E-state index contributed by atoms with van der Waals surface area (Å²) < 4.78 is 5.06. The highest BCUT2D eigenvalue weighted by Gasteiger charge is 2.39. The monoisotopic (exact) mass is 1880 g/mol. The number of fused-ring (bicyclic) bond motifs is 1. The van der Waals surface area contributed by atoms with Gasteiger partial charge in [0.15, 0.2) is 22.7 Å². The highest BCUT2D eigenvalue weighted by molar-refractivity contribution is 8.76. The van der Waals surface area contributed by atoms with Gasteiger partial charge in [0.1, 0.15) is 79.4 Å². The minimum absolute atomic E-state index is 0. The summed E-state index contributed by atoms with van der Waals surface area (Å²) in [5.74, 6) is -24.4. The molecule has 0 saturated heterocycles. The number of hydrazine groups is 1. The van der Waals surface area contributed by atoms with Crippen molar-refractivity contribution in [2.45, 2.75) is 234 Å². The Bertz CT molecular complexity index is 4230. The molecule has 2 heterocycles. The van der Waals surface area contributed by atoms with E-state index in [1.165, 1.54) is 30.5 Å². The van der Waals surface area contributed by atoms with Gasteiger partial charge in [0.25, 0.3) is 11.5 Å². The number of aliphatic hydroxyl groups is 15. The van der Waals surface area contributed by atoms with E-state index in [1.807, 2.05) is 0 Å². The second-order valence-corrected chi connectivity index (χ2v) is 33.2. The molecule has 51 nitrogen and oxygen atoms in total. The van der Waals surface area contributed by atoms with Crippen molar-refractivity contribution in [3.63, 3.8) is 0 Å². The number of carboxylic acid groups (broad SMARTS) is 4. The summed E-state index contributed by atoms with van der Waals surface area (Å²) in [4.78, 5) is 230. The van der Waals surface area contributed by atoms with Crippen molar-refractivity contribution in [2.24, 2.45) is 17.8 Å². The molecule has 2 aromatic heterocycles. The van der Waals surface area contributed by atoms with Crippen LogP contribution in [0.2, 0.25) is 0 Å². The number of H-pyrrole nitrogens is 1. The summed E-state index contributed by atoms with van der Waals surface area (Å²) >= 11 is 0. The standard InChI is InChI=1S/C75H115N15O36S2.CH4/c1-75(2,3)90-89-74(125)126-20-21-127-128-33-44(72(123)124)86-69(119)37(8-17-55(105)80-29-49(99)61(112)64(115)52(102)32-93)24-46(96)42(14-19-57(108)109)84-68(118)36(7-16-54(104)79-28-48(98)60(111)63(114)51(101)31-92)23-45(95)41(13-18-56(106)107)83-67(117)35(6-15-53(103)78-27-47(97)59(110)62(113)50(100)30-91)22-40(94)11-12-43(71(121)122)85-66(116)34-4-9-38(10-5-34)77-25-39-26-81-65-58(82-39)70(120)88-73(76)87-65;/h4-5,9-10,26,35-37,41-44,47-52,59-64,77,90-93,97-102,110-115H,6-8,11-25,27-33H2,1-3H3,(H,78,103)(H,79,104)(H,80,105)(H,83,117)(H,84,118)(H,85,116)(H,86,119)(H,89,125)(H,106,107)(H,108,109)(H,121,122)(H,123,124)(H3,76,81,87,88,120);1H4/t35-,36-,37-,41-,42-,43-,44-,47+,48+,49+,50-,51-,52-,59-,60-,61-,62-,63-,64-;/m1./s1. The van der Waals surface area contributed by atoms with Crippen molar-refractivity contribution in [1.29, 1.82) is 0 Å². The molecule has 0 spiro atoms. The minimum Gasteiger partial charge on any atom is -0.481 e. The maximum Gasteiger partial charge on any atom is 0.421 e. The average Bonchev–Trinajstić information content (AvgIpc) is 0.805. The number of nitrogens with zero attached hydrogens (tertiary/aromatic N) is 3. The number of aromatic amines is 1. The van der Waals surface area contributed by atoms with E-state index in [9.17, 15) is 174 Å². The SMILES string of the molecule is C.CC(C)(C)NNC(=O)OCCSSC[C@@H](NC(=O)[C@H](CCC(=O)NC[C@H](O)[C@@H](O)[C@H](O)[C@H](O)CO)CC(=O)[C@@H](CCC(=O)O)NC(=O)[C@H](CCC(=O)NC[C@H](O)[C@@H](O)[C@H](O)[C@H](O)CO)CC(=O)[C@@H](CCC(=O)O)NC(=O)[C@H](CCC(=O)NC[C@H](O)[C@@H](O)[C@H](O)[C@H](O)CO)CC(=O)CC[C@@H](NC(=O)c1ccc(NCc2cnc3nc(N)[nH]c(=O)c3n2)cc1)C(=O)O)C(=O)O. The summed E-state index contributed by atoms with van der Waals surface area (Å²) in [6.45, 7) is -0.885. The zero-order chi connectivity index (χ0) is 96.4. The van der Waals surface area contributed by atoms with Crippen LogP contribution in [0.15, 0.2) is 35.3 Å². The minimum atomic E-state index is -2.24. The fourth-order valence-electron chi connectivity index (χ4n) is 11.6. The van der Waals surface area contributed by atoms with Gasteiger partial charge >= 0.3 is 30.0 Å². The average molecular weight is 1880 g/mol. The second-order valence-electron chi connectivity index (χ2n) is 30.5. The number of ketones is 3. The summed E-state index contributed by atoms with van der Waals surface area (Å²) in [7, 11) is 1.85. The molecule has 0 unspecified atom stereocenters. The maximum atomic E-state index is 14.9. The van der Waals surface area contributed by atoms with E-state index in [2.05, 4.69) is 73.3 Å². The second kappa shape index (κ2) is 58.3. The Morgan fingerprint density at radius 3 is 1.30 bits per heavy atom. The molecule has 0 aliphatic carbocycles. The van der Waals surface area contributed by atoms with Crippen molar-refractivity contribution in [3.8, 4) is 0 Å². The Labute approximate surface area is 744 Å². The van der Waals surface area contributed by atoms with Crippen LogP contribution in [0.1, 0.15) is 141 Å². The Balaban J connectivity index is 0.0000563. The third kappa shape index (κ3) is 42.8. The van der Waals surface area contributed by atoms with Gasteiger partial charge in [0, 0.05) is 123 Å². The number of aliphatic carboxylic acids is 4. The first-order valence-electron chi connectivity index (χ1n) is 39.9. The molecule has 0 saturated carbocycles. The first kappa shape index (κ1) is 115. The molecule has 19 atom stereocenters. The van der Waals surface area contributed by atoms with Gasteiger partial charge < -0.3 is 150 Å². The number of carbonyl (C=O) groups is 15. The number of Topliss-reactive ketones (excluding diaryl/α,β-unsaturated/α-hetero) is 3. The van der Waals surface area contributed by atoms with E-state index in [0.29, 0.717) is 5.69 Å². The summed E-state index contributed by atoms with van der Waals surface area (Å²) in [6.07, 6.45) is -38.0. The fourth-order valence-corrected chi connectivity index (χ4v) is 13.6. The van der Waals surface area contributed by atoms with Gasteiger partial charge in [0.2, 0.25) is 41.4 Å². The van der Waals surface area contributed by atoms with Gasteiger partial charge in [-0.05, 0) is 83.6 Å². The Morgan fingerprint density at radius 2 is 0.899 bits per heavy atom. The first-order chi connectivity index (χ1) is 60.1. The topological polar surface area (TPSA) is 868 Å². The number of nitrogen functional groups attached to an aromatic ring is 1. The molecule has 3 rings (SSSR count). The lowest BCUT2D eigenvalue weighted by Gasteiger charge is -2.26. The smallest absolute Gasteiger partial charge is 0.421 e. The molecule has 0 fully saturated rings. The molecular formula is C76H119N15O36S2. The third-order valence-corrected chi connectivity index (χ3v) is 21.5. The van der Waals surface area contributed by atoms with Crippen LogP contribution >= 0.6 is 21.6 Å². The predicted octanol–water partition coefficient (Wildman–Crippen LogP) is -9.09. The van der Waals surface area contributed by atoms with Crippen molar-refractivity contribution in [2.75, 3.05) is 68.6 Å². The van der Waals surface area contributed by atoms with Gasteiger partial charge in [-0.25, -0.2) is 29.8 Å². The maximum absolute atomic E-state index is 14.9. The van der Waals surface area contributed by atoms with Crippen LogP contribution in [0.4, 0.5) is 16.4 Å². The fraction of sp³-hybridized carbons (Fsp3) is 0.645. The van der Waals surface area contributed by atoms with Crippen molar-refractivity contribution >= 4 is 133 Å². The number of benzene rings is 1. The number of anilines is 2. The molecule has 32 N–H and O–H groups in total. The van der Waals surface area contributed by atoms with Crippen LogP contribution < -0.4 is 64.7 Å². The molecule has 3 aromatic rings. The van der Waals surface area contributed by atoms with Crippen molar-refractivity contribution < 1.29 is 174 Å². The highest BCUT2D eigenvalue weighted by atomic mass is 33.1. The molecule has 0 aliphatic rings. The number of rotatable bonds is 64. The van der Waals surface area contributed by atoms with E-state index >= 15 is 0 Å². The zero-order valence-electron chi connectivity index (χ0n) is 69.7. The summed E-state index contributed by atoms with van der Waals surface area (Å²) in [6, 6.07) is -2.32. The molecule has 8 amide bonds. The summed E-state index contributed by atoms with van der Waals surface area (Å²) in [5, 5.41) is 209. The number of hydrogen-bond acceptors (Lipinski definition) is 40. The molecular weight excluding hydrogens is 1760 g/mol. The van der Waals surface area contributed by atoms with Crippen LogP contribution in [-0.2, 0) is 73.6 Å². The Morgan fingerprint density at radius 1 is 0.496 bits per heavy atom. The van der Waals surface area contributed by atoms with E-state index < -0.39 is 356 Å². The number of carboxylic acids is 4. The van der Waals surface area contributed by atoms with E-state index in [0.717, 1.165) is 21.6 Å². The molecule has 0 radical (unpaired) electrons. The van der Waals surface area contributed by atoms with Gasteiger partial charge in [-0.1, -0.05) is 29.0 Å². The largest absolute Gasteiger partial charge is 0.481 e. The number of aromatic nitrogens is 4. The van der Waals surface area contributed by atoms with Gasteiger partial charge in [0.05, 0.1) is 68.7 Å². The first-order valence-corrected chi connectivity index (χ1v) is 42.4. The number of aliphatic hydroxyl groups excluding tert-OH is 15. The van der Waals surface area contributed by atoms with Gasteiger partial charge in [-0.15, -0.1) is 0 Å². The Hall–Kier alpha value is -10.5. The van der Waals surface area contributed by atoms with Crippen LogP contribution in [0.3, 0.4) is 0 Å². The van der Waals surface area contributed by atoms with Crippen LogP contribution in [0, 0.1) is 17.8 Å². The van der Waals surface area contributed by atoms with Crippen molar-refractivity contribution in [3.05, 3.63) is 52.1 Å². The normalized spacial score (nSPS) is 15.9. The number of carbonyl (C=O) groups excluding carboxylic acids is 11. The molecule has 726 valence electrons. The van der Waals surface area contributed by atoms with Crippen LogP contribution in [0.25, 0.3) is 11.2 Å². The lowest BCUT2D eigenvalue weighted by molar-refractivity contribution is -0.142. The highest BCUT2D eigenvalue weighted by Crippen LogP contribution is 2.26. The van der Waals surface area contributed by atoms with Crippen LogP contribution in [-0.4, -0.2) is 366 Å². The molecule has 0 bridgehead atoms. The molecule has 53 heteroatoms. The molecule has 1 aromatic carbocycles. The van der Waals surface area contributed by atoms with Gasteiger partial charge in [-0.2, -0.15) is 4.98 Å². The van der Waals surface area contributed by atoms with Gasteiger partial charge in [-0.3, -0.25) is 72.7 Å². The third-order valence-electron chi connectivity index (χ3n) is 19.1. The van der Waals surface area contributed by atoms with Crippen molar-refractivity contribution in [1.82, 2.24) is 68.0 Å². The summed E-state index contributed by atoms with van der Waals surface area (Å²) in [5.41, 5.74) is 9.88. The van der Waals surface area contributed by atoms with E-state index in [1.54, 1.807) is 20.8 Å². The van der Waals surface area contributed by atoms with E-state index in [-0.39, 0.29) is 54.7 Å². The molecule has 0 aliphatic heterocycles. The van der Waals surface area contributed by atoms with E-state index in [4.69, 9.17) is 10.5 Å². The quantitative estimate of drug-likeness (QED) is 0.0142. The molecule has 129 heavy (non-hydrogen) atoms. The number of ether oxygens (including phenoxy) is 1. The number of nitrogens with two attached hydrogens (primary N) is 1. The number of nitrogens with one attached hydrogen (secondary N) is 11. The number of amides is 8. The number of hydrogen-bond donors (Lipinski definition) is 31. The van der Waals surface area contributed by atoms with Crippen LogP contribution in [0.5, 0.6) is 0 Å². The zero-order valence-corrected chi connectivity index (χ0v) is 71.3. The lowest BCUT2D eigenvalue weighted by Crippen LogP contribution is -2.50. The lowest BCUT2D eigenvalue weighted by atomic mass is 9.89.